The monoisotopic (exact) mass is 478 g/mol. The van der Waals surface area contributed by atoms with Gasteiger partial charge in [-0.2, -0.15) is 0 Å². The van der Waals surface area contributed by atoms with Gasteiger partial charge in [-0.1, -0.05) is 110 Å². The Kier molecular flexibility index (Phi) is 5.64. The highest BCUT2D eigenvalue weighted by atomic mass is 32.1. The number of rotatable bonds is 5. The standard InChI is InChI=1S/C35H26S/c1-4-13-25-18-12-19-28-32(25)23(3)33-34(26-16-10-7-11-17-26)30(31-21-20-27(5-2)36-31)22-29(35(28)33)24-14-8-6-9-15-24/h4-22H,2-3H2,1H3/b13-4-. The molecule has 5 aromatic rings. The molecule has 6 rings (SSSR count). The predicted octanol–water partition coefficient (Wildman–Crippen LogP) is 10.5. The minimum atomic E-state index is 1.09. The number of allylic oxidation sites excluding steroid dienone is 1. The molecule has 1 aromatic heterocycles. The Morgan fingerprint density at radius 3 is 2.03 bits per heavy atom. The lowest BCUT2D eigenvalue weighted by Crippen LogP contribution is -1.95. The molecule has 4 aromatic carbocycles. The molecule has 36 heavy (non-hydrogen) atoms. The van der Waals surface area contributed by atoms with E-state index in [0.717, 1.165) is 5.57 Å². The van der Waals surface area contributed by atoms with E-state index in [1.807, 2.05) is 6.08 Å². The van der Waals surface area contributed by atoms with Crippen LogP contribution in [-0.4, -0.2) is 0 Å². The van der Waals surface area contributed by atoms with Crippen molar-refractivity contribution in [1.82, 2.24) is 0 Å². The van der Waals surface area contributed by atoms with Crippen LogP contribution in [0.1, 0.15) is 28.5 Å². The zero-order chi connectivity index (χ0) is 24.6. The van der Waals surface area contributed by atoms with Crippen LogP contribution in [0.5, 0.6) is 0 Å². The van der Waals surface area contributed by atoms with E-state index in [9.17, 15) is 0 Å². The van der Waals surface area contributed by atoms with Gasteiger partial charge in [0, 0.05) is 15.3 Å². The quantitative estimate of drug-likeness (QED) is 0.231. The largest absolute Gasteiger partial charge is 0.136 e. The maximum Gasteiger partial charge on any atom is 0.0355 e. The fourth-order valence-electron chi connectivity index (χ4n) is 5.37. The van der Waals surface area contributed by atoms with Gasteiger partial charge in [0.15, 0.2) is 0 Å². The van der Waals surface area contributed by atoms with E-state index < -0.39 is 0 Å². The summed E-state index contributed by atoms with van der Waals surface area (Å²) in [6.07, 6.45) is 6.23. The van der Waals surface area contributed by atoms with E-state index in [1.54, 1.807) is 11.3 Å². The first kappa shape index (κ1) is 22.3. The third kappa shape index (κ3) is 3.52. The fraction of sp³-hybridized carbons (Fsp3) is 0.0286. The molecule has 0 saturated heterocycles. The van der Waals surface area contributed by atoms with Gasteiger partial charge in [-0.15, -0.1) is 11.3 Å². The Hall–Kier alpha value is -4.20. The van der Waals surface area contributed by atoms with Crippen LogP contribution in [-0.2, 0) is 0 Å². The van der Waals surface area contributed by atoms with Crippen LogP contribution in [0, 0.1) is 0 Å². The molecule has 1 aliphatic rings. The zero-order valence-corrected chi connectivity index (χ0v) is 21.1. The van der Waals surface area contributed by atoms with Gasteiger partial charge in [0.1, 0.15) is 0 Å². The van der Waals surface area contributed by atoms with Crippen molar-refractivity contribution in [2.24, 2.45) is 0 Å². The lowest BCUT2D eigenvalue weighted by molar-refractivity contribution is 1.56. The van der Waals surface area contributed by atoms with E-state index in [2.05, 4.69) is 123 Å². The van der Waals surface area contributed by atoms with Crippen LogP contribution in [0.15, 0.2) is 116 Å². The highest BCUT2D eigenvalue weighted by Gasteiger charge is 2.32. The van der Waals surface area contributed by atoms with Crippen molar-refractivity contribution in [3.63, 3.8) is 0 Å². The second-order valence-electron chi connectivity index (χ2n) is 8.98. The maximum atomic E-state index is 4.71. The van der Waals surface area contributed by atoms with Gasteiger partial charge in [-0.25, -0.2) is 0 Å². The summed E-state index contributed by atoms with van der Waals surface area (Å²) in [4.78, 5) is 2.41. The van der Waals surface area contributed by atoms with Crippen molar-refractivity contribution in [2.45, 2.75) is 6.92 Å². The van der Waals surface area contributed by atoms with Crippen molar-refractivity contribution in [3.05, 3.63) is 138 Å². The summed E-state index contributed by atoms with van der Waals surface area (Å²) in [5, 5.41) is 0. The average molecular weight is 479 g/mol. The van der Waals surface area contributed by atoms with Gasteiger partial charge in [-0.3, -0.25) is 0 Å². The molecule has 172 valence electrons. The normalized spacial score (nSPS) is 12.1. The minimum absolute atomic E-state index is 1.09. The highest BCUT2D eigenvalue weighted by molar-refractivity contribution is 7.16. The highest BCUT2D eigenvalue weighted by Crippen LogP contribution is 2.56. The molecule has 0 nitrogen and oxygen atoms in total. The molecule has 1 aliphatic carbocycles. The minimum Gasteiger partial charge on any atom is -0.136 e. The van der Waals surface area contributed by atoms with Gasteiger partial charge >= 0.3 is 0 Å². The SMILES string of the molecule is C=Cc1ccc(-c2cc(-c3ccccc3)c3c(c2-c2ccccc2)C(=C)c2c(/C=C\C)cccc2-3)s1. The third-order valence-corrected chi connectivity index (χ3v) is 8.00. The molecule has 0 amide bonds. The lowest BCUT2D eigenvalue weighted by Gasteiger charge is -2.19. The van der Waals surface area contributed by atoms with Crippen LogP contribution in [0.3, 0.4) is 0 Å². The van der Waals surface area contributed by atoms with Gasteiger partial charge < -0.3 is 0 Å². The van der Waals surface area contributed by atoms with Crippen molar-refractivity contribution in [1.29, 1.82) is 0 Å². The molecule has 0 spiro atoms. The number of benzene rings is 4. The molecule has 0 unspecified atom stereocenters. The number of fused-ring (bicyclic) bond motifs is 3. The van der Waals surface area contributed by atoms with Crippen LogP contribution < -0.4 is 0 Å². The molecule has 0 radical (unpaired) electrons. The maximum absolute atomic E-state index is 4.71. The topological polar surface area (TPSA) is 0 Å². The average Bonchev–Trinajstić information content (AvgIpc) is 3.53. The Balaban J connectivity index is 1.78. The van der Waals surface area contributed by atoms with Gasteiger partial charge in [0.25, 0.3) is 0 Å². The van der Waals surface area contributed by atoms with Gasteiger partial charge in [-0.05, 0) is 80.8 Å². The van der Waals surface area contributed by atoms with E-state index in [1.165, 1.54) is 65.4 Å². The lowest BCUT2D eigenvalue weighted by atomic mass is 9.84. The van der Waals surface area contributed by atoms with Crippen LogP contribution in [0.4, 0.5) is 0 Å². The van der Waals surface area contributed by atoms with E-state index in [4.69, 9.17) is 6.58 Å². The summed E-state index contributed by atoms with van der Waals surface area (Å²) in [5.74, 6) is 0. The van der Waals surface area contributed by atoms with Crippen LogP contribution >= 0.6 is 11.3 Å². The zero-order valence-electron chi connectivity index (χ0n) is 20.3. The number of thiophene rings is 1. The van der Waals surface area contributed by atoms with Crippen molar-refractivity contribution in [2.75, 3.05) is 0 Å². The molecule has 1 heterocycles. The summed E-state index contributed by atoms with van der Waals surface area (Å²) in [6, 6.07) is 34.9. The first-order chi connectivity index (χ1) is 17.7. The smallest absolute Gasteiger partial charge is 0.0355 e. The Morgan fingerprint density at radius 2 is 1.36 bits per heavy atom. The van der Waals surface area contributed by atoms with Crippen molar-refractivity contribution in [3.8, 4) is 43.8 Å². The number of hydrogen-bond donors (Lipinski definition) is 0. The second-order valence-corrected chi connectivity index (χ2v) is 10.1. The number of hydrogen-bond acceptors (Lipinski definition) is 1. The second kappa shape index (κ2) is 9.11. The van der Waals surface area contributed by atoms with Gasteiger partial charge in [0.05, 0.1) is 0 Å². The molecular formula is C35H26S. The van der Waals surface area contributed by atoms with Crippen molar-refractivity contribution >= 4 is 29.1 Å². The Morgan fingerprint density at radius 1 is 0.639 bits per heavy atom. The first-order valence-corrected chi connectivity index (χ1v) is 13.0. The Bertz CT molecular complexity index is 1650. The summed E-state index contributed by atoms with van der Waals surface area (Å²) < 4.78 is 0. The molecule has 0 N–H and O–H groups in total. The fourth-order valence-corrected chi connectivity index (χ4v) is 6.26. The van der Waals surface area contributed by atoms with Crippen LogP contribution in [0.25, 0.3) is 61.5 Å². The van der Waals surface area contributed by atoms with Gasteiger partial charge in [0.2, 0.25) is 0 Å². The molecule has 0 fully saturated rings. The van der Waals surface area contributed by atoms with Crippen molar-refractivity contribution < 1.29 is 0 Å². The van der Waals surface area contributed by atoms with Crippen LogP contribution in [0.2, 0.25) is 0 Å². The van der Waals surface area contributed by atoms with E-state index >= 15 is 0 Å². The summed E-state index contributed by atoms with van der Waals surface area (Å²) in [6.45, 7) is 10.8. The molecular weight excluding hydrogens is 452 g/mol. The molecule has 0 bridgehead atoms. The third-order valence-electron chi connectivity index (χ3n) is 6.88. The Labute approximate surface area is 217 Å². The molecule has 0 aliphatic heterocycles. The predicted molar refractivity (Wildman–Crippen MR) is 159 cm³/mol. The summed E-state index contributed by atoms with van der Waals surface area (Å²) in [7, 11) is 0. The molecule has 1 heteroatoms. The molecule has 0 atom stereocenters. The summed E-state index contributed by atoms with van der Waals surface area (Å²) >= 11 is 1.78. The van der Waals surface area contributed by atoms with E-state index in [0.29, 0.717) is 0 Å². The first-order valence-electron chi connectivity index (χ1n) is 12.2. The summed E-state index contributed by atoms with van der Waals surface area (Å²) in [5.41, 5.74) is 13.4. The van der Waals surface area contributed by atoms with E-state index in [-0.39, 0.29) is 0 Å². The molecule has 0 saturated carbocycles.